The predicted octanol–water partition coefficient (Wildman–Crippen LogP) is 4.71. The van der Waals surface area contributed by atoms with E-state index in [1.807, 2.05) is 36.7 Å². The van der Waals surface area contributed by atoms with Gasteiger partial charge in [0.2, 0.25) is 5.91 Å². The summed E-state index contributed by atoms with van der Waals surface area (Å²) >= 11 is 3.41. The van der Waals surface area contributed by atoms with Crippen LogP contribution in [0.25, 0.3) is 5.69 Å². The number of carbonyl (C=O) groups excluding carboxylic acids is 1. The number of benzene rings is 1. The van der Waals surface area contributed by atoms with Gasteiger partial charge < -0.3 is 5.32 Å². The number of aromatic nitrogens is 2. The molecular formula is C19H19N3OS2. The molecule has 3 heterocycles. The van der Waals surface area contributed by atoms with Crippen molar-refractivity contribution >= 4 is 34.8 Å². The van der Waals surface area contributed by atoms with Gasteiger partial charge in [0.25, 0.3) is 0 Å². The Bertz CT molecular complexity index is 930. The topological polar surface area (TPSA) is 46.9 Å². The highest BCUT2D eigenvalue weighted by atomic mass is 32.2. The lowest BCUT2D eigenvalue weighted by atomic mass is 10.1. The molecule has 4 nitrogen and oxygen atoms in total. The van der Waals surface area contributed by atoms with Crippen molar-refractivity contribution in [3.63, 3.8) is 0 Å². The number of carbonyl (C=O) groups is 1. The van der Waals surface area contributed by atoms with Crippen LogP contribution >= 0.6 is 23.1 Å². The number of thioether (sulfide) groups is 1. The molecule has 0 unspecified atom stereocenters. The molecule has 0 radical (unpaired) electrons. The highest BCUT2D eigenvalue weighted by molar-refractivity contribution is 8.01. The minimum Gasteiger partial charge on any atom is -0.309 e. The van der Waals surface area contributed by atoms with E-state index in [1.165, 1.54) is 4.88 Å². The van der Waals surface area contributed by atoms with Gasteiger partial charge in [0.1, 0.15) is 5.82 Å². The molecule has 0 saturated heterocycles. The van der Waals surface area contributed by atoms with Crippen LogP contribution in [-0.2, 0) is 4.79 Å². The summed E-state index contributed by atoms with van der Waals surface area (Å²) in [6.45, 7) is 6.05. The van der Waals surface area contributed by atoms with Crippen molar-refractivity contribution in [1.82, 2.24) is 9.78 Å². The highest BCUT2D eigenvalue weighted by Gasteiger charge is 2.34. The van der Waals surface area contributed by atoms with Gasteiger partial charge in [0.15, 0.2) is 0 Å². The molecule has 0 spiro atoms. The highest BCUT2D eigenvalue weighted by Crippen LogP contribution is 2.47. The molecule has 6 heteroatoms. The number of nitrogens with zero attached hydrogens (tertiary/aromatic N) is 2. The van der Waals surface area contributed by atoms with Gasteiger partial charge in [-0.05, 0) is 43.8 Å². The van der Waals surface area contributed by atoms with Crippen LogP contribution in [0.15, 0.2) is 41.8 Å². The van der Waals surface area contributed by atoms with Crippen molar-refractivity contribution in [3.8, 4) is 5.69 Å². The lowest BCUT2D eigenvalue weighted by Gasteiger charge is -2.15. The number of nitrogens with one attached hydrogen (secondary N) is 1. The summed E-state index contributed by atoms with van der Waals surface area (Å²) in [4.78, 5) is 13.9. The third kappa shape index (κ3) is 2.79. The Morgan fingerprint density at radius 1 is 1.16 bits per heavy atom. The molecule has 0 fully saturated rings. The van der Waals surface area contributed by atoms with Gasteiger partial charge in [0.05, 0.1) is 21.9 Å². The lowest BCUT2D eigenvalue weighted by molar-refractivity contribution is -0.115. The number of amides is 1. The third-order valence-electron chi connectivity index (χ3n) is 4.47. The maximum Gasteiger partial charge on any atom is 0.238 e. The van der Waals surface area contributed by atoms with Crippen molar-refractivity contribution in [2.45, 2.75) is 31.3 Å². The van der Waals surface area contributed by atoms with E-state index in [2.05, 4.69) is 35.8 Å². The molecule has 1 amide bonds. The summed E-state index contributed by atoms with van der Waals surface area (Å²) in [6, 6.07) is 12.3. The van der Waals surface area contributed by atoms with E-state index in [9.17, 15) is 4.79 Å². The minimum atomic E-state index is -0.121. The Morgan fingerprint density at radius 3 is 2.68 bits per heavy atom. The standard InChI is InChI=1S/C19H19N3OS2/c1-11-7-4-5-8-14(11)22-18-16(12(2)21-22)17(15-9-6-10-24-15)25-13(3)19(23)20-18/h4-10,13,17H,1-3H3,(H,20,23)/t13-,17-/m0/s1. The van der Waals surface area contributed by atoms with Gasteiger partial charge in [-0.2, -0.15) is 5.10 Å². The normalized spacial score (nSPS) is 20.0. The van der Waals surface area contributed by atoms with Crippen LogP contribution < -0.4 is 5.32 Å². The Morgan fingerprint density at radius 2 is 1.96 bits per heavy atom. The Kier molecular flexibility index (Phi) is 4.17. The molecule has 25 heavy (non-hydrogen) atoms. The van der Waals surface area contributed by atoms with Crippen LogP contribution in [0.2, 0.25) is 0 Å². The van der Waals surface area contributed by atoms with Gasteiger partial charge in [-0.3, -0.25) is 4.79 Å². The molecule has 128 valence electrons. The fraction of sp³-hybridized carbons (Fsp3) is 0.263. The number of rotatable bonds is 2. The van der Waals surface area contributed by atoms with E-state index < -0.39 is 0 Å². The summed E-state index contributed by atoms with van der Waals surface area (Å²) < 4.78 is 1.89. The zero-order chi connectivity index (χ0) is 17.6. The van der Waals surface area contributed by atoms with E-state index in [4.69, 9.17) is 5.10 Å². The number of hydrogen-bond acceptors (Lipinski definition) is 4. The van der Waals surface area contributed by atoms with Gasteiger partial charge in [-0.1, -0.05) is 24.3 Å². The van der Waals surface area contributed by atoms with Crippen LogP contribution in [0.5, 0.6) is 0 Å². The van der Waals surface area contributed by atoms with Gasteiger partial charge in [-0.15, -0.1) is 23.1 Å². The molecule has 2 atom stereocenters. The van der Waals surface area contributed by atoms with E-state index in [0.29, 0.717) is 0 Å². The predicted molar refractivity (Wildman–Crippen MR) is 105 cm³/mol. The summed E-state index contributed by atoms with van der Waals surface area (Å²) in [6.07, 6.45) is 0. The zero-order valence-corrected chi connectivity index (χ0v) is 15.9. The van der Waals surface area contributed by atoms with Crippen LogP contribution in [0, 0.1) is 13.8 Å². The summed E-state index contributed by atoms with van der Waals surface area (Å²) in [5.74, 6) is 0.826. The third-order valence-corrected chi connectivity index (χ3v) is 6.94. The molecule has 3 aromatic rings. The minimum absolute atomic E-state index is 0.0278. The molecule has 0 bridgehead atoms. The van der Waals surface area contributed by atoms with Crippen LogP contribution in [0.3, 0.4) is 0 Å². The monoisotopic (exact) mass is 369 g/mol. The van der Waals surface area contributed by atoms with E-state index >= 15 is 0 Å². The van der Waals surface area contributed by atoms with Crippen molar-refractivity contribution in [2.75, 3.05) is 5.32 Å². The lowest BCUT2D eigenvalue weighted by Crippen LogP contribution is -2.22. The average molecular weight is 370 g/mol. The Labute approximate surface area is 155 Å². The number of fused-ring (bicyclic) bond motifs is 1. The van der Waals surface area contributed by atoms with Crippen LogP contribution in [0.1, 0.15) is 33.9 Å². The second-order valence-electron chi connectivity index (χ2n) is 6.21. The molecule has 1 aliphatic heterocycles. The van der Waals surface area contributed by atoms with E-state index in [0.717, 1.165) is 28.3 Å². The largest absolute Gasteiger partial charge is 0.309 e. The smallest absolute Gasteiger partial charge is 0.238 e. The maximum absolute atomic E-state index is 12.6. The first-order valence-corrected chi connectivity index (χ1v) is 10.0. The zero-order valence-electron chi connectivity index (χ0n) is 14.3. The fourth-order valence-corrected chi connectivity index (χ4v) is 5.42. The fourth-order valence-electron chi connectivity index (χ4n) is 3.15. The first-order chi connectivity index (χ1) is 12.1. The van der Waals surface area contributed by atoms with Gasteiger partial charge in [-0.25, -0.2) is 4.68 Å². The van der Waals surface area contributed by atoms with E-state index in [1.54, 1.807) is 23.1 Å². The van der Waals surface area contributed by atoms with Crippen molar-refractivity contribution < 1.29 is 4.79 Å². The Balaban J connectivity index is 1.94. The SMILES string of the molecule is Cc1ccccc1-n1nc(C)c2c1NC(=O)[C@H](C)S[C@H]2c1cccs1. The molecule has 1 aliphatic rings. The number of anilines is 1. The van der Waals surface area contributed by atoms with Gasteiger partial charge >= 0.3 is 0 Å². The number of hydrogen-bond donors (Lipinski definition) is 1. The van der Waals surface area contributed by atoms with E-state index in [-0.39, 0.29) is 16.4 Å². The summed E-state index contributed by atoms with van der Waals surface area (Å²) in [7, 11) is 0. The number of para-hydroxylation sites is 1. The molecule has 4 rings (SSSR count). The molecule has 0 saturated carbocycles. The molecule has 1 N–H and O–H groups in total. The molecule has 0 aliphatic carbocycles. The van der Waals surface area contributed by atoms with Crippen molar-refractivity contribution in [2.24, 2.45) is 0 Å². The van der Waals surface area contributed by atoms with Crippen LogP contribution in [0.4, 0.5) is 5.82 Å². The average Bonchev–Trinajstić information content (AvgIpc) is 3.19. The van der Waals surface area contributed by atoms with Gasteiger partial charge in [0, 0.05) is 10.4 Å². The number of aryl methyl sites for hydroxylation is 2. The molecule has 1 aromatic carbocycles. The molecular weight excluding hydrogens is 350 g/mol. The second kappa shape index (κ2) is 6.35. The quantitative estimate of drug-likeness (QED) is 0.711. The van der Waals surface area contributed by atoms with Crippen molar-refractivity contribution in [3.05, 3.63) is 63.5 Å². The second-order valence-corrected chi connectivity index (χ2v) is 8.64. The molecule has 2 aromatic heterocycles. The van der Waals surface area contributed by atoms with Crippen LogP contribution in [-0.4, -0.2) is 20.9 Å². The summed E-state index contributed by atoms with van der Waals surface area (Å²) in [5.41, 5.74) is 4.18. The Hall–Kier alpha value is -2.05. The first-order valence-electron chi connectivity index (χ1n) is 8.21. The van der Waals surface area contributed by atoms with Crippen molar-refractivity contribution in [1.29, 1.82) is 0 Å². The first kappa shape index (κ1) is 16.4. The number of thiophene rings is 1. The maximum atomic E-state index is 12.6. The summed E-state index contributed by atoms with van der Waals surface area (Å²) in [5, 5.41) is 9.98.